The highest BCUT2D eigenvalue weighted by Crippen LogP contribution is 2.19. The highest BCUT2D eigenvalue weighted by molar-refractivity contribution is 5.21. The van der Waals surface area contributed by atoms with Gasteiger partial charge < -0.3 is 10.1 Å². The van der Waals surface area contributed by atoms with Gasteiger partial charge in [-0.1, -0.05) is 37.3 Å². The van der Waals surface area contributed by atoms with Gasteiger partial charge in [0.15, 0.2) is 0 Å². The predicted octanol–water partition coefficient (Wildman–Crippen LogP) is 2.80. The summed E-state index contributed by atoms with van der Waals surface area (Å²) in [6.07, 6.45) is 1.17. The van der Waals surface area contributed by atoms with Gasteiger partial charge >= 0.3 is 0 Å². The van der Waals surface area contributed by atoms with Gasteiger partial charge in [0, 0.05) is 19.1 Å². The Morgan fingerprint density at radius 2 is 1.94 bits per heavy atom. The lowest BCUT2D eigenvalue weighted by Gasteiger charge is -2.24. The van der Waals surface area contributed by atoms with Gasteiger partial charge in [-0.15, -0.1) is 0 Å². The molecule has 0 radical (unpaired) electrons. The van der Waals surface area contributed by atoms with Crippen LogP contribution in [0.4, 0.5) is 0 Å². The Balaban J connectivity index is 2.66. The van der Waals surface area contributed by atoms with Crippen LogP contribution in [0.1, 0.15) is 31.7 Å². The summed E-state index contributed by atoms with van der Waals surface area (Å²) in [4.78, 5) is 0. The molecule has 1 N–H and O–H groups in total. The normalized spacial score (nSPS) is 14.7. The van der Waals surface area contributed by atoms with Crippen molar-refractivity contribution < 1.29 is 4.74 Å². The van der Waals surface area contributed by atoms with Crippen LogP contribution in [0, 0.1) is 0 Å². The first-order valence-corrected chi connectivity index (χ1v) is 6.06. The van der Waals surface area contributed by atoms with Crippen molar-refractivity contribution >= 4 is 0 Å². The molecule has 0 bridgehead atoms. The molecule has 0 aliphatic carbocycles. The van der Waals surface area contributed by atoms with Gasteiger partial charge in [-0.2, -0.15) is 0 Å². The van der Waals surface area contributed by atoms with Gasteiger partial charge in [0.2, 0.25) is 0 Å². The summed E-state index contributed by atoms with van der Waals surface area (Å²) in [5.74, 6) is 0.428. The third kappa shape index (κ3) is 3.95. The smallest absolute Gasteiger partial charge is 0.0545 e. The van der Waals surface area contributed by atoms with Crippen LogP contribution in [-0.4, -0.2) is 26.3 Å². The second-order valence-electron chi connectivity index (χ2n) is 4.22. The van der Waals surface area contributed by atoms with Crippen molar-refractivity contribution in [3.8, 4) is 0 Å². The summed E-state index contributed by atoms with van der Waals surface area (Å²) < 4.78 is 5.32. The number of rotatable bonds is 7. The van der Waals surface area contributed by atoms with Crippen LogP contribution >= 0.6 is 0 Å². The van der Waals surface area contributed by atoms with E-state index in [1.807, 2.05) is 0 Å². The monoisotopic (exact) mass is 221 g/mol. The van der Waals surface area contributed by atoms with E-state index in [1.165, 1.54) is 12.0 Å². The van der Waals surface area contributed by atoms with Crippen molar-refractivity contribution in [1.82, 2.24) is 5.32 Å². The van der Waals surface area contributed by atoms with E-state index in [9.17, 15) is 0 Å². The van der Waals surface area contributed by atoms with Crippen molar-refractivity contribution in [1.29, 1.82) is 0 Å². The van der Waals surface area contributed by atoms with Gasteiger partial charge in [0.25, 0.3) is 0 Å². The van der Waals surface area contributed by atoms with Gasteiger partial charge in [0.05, 0.1) is 6.61 Å². The Hall–Kier alpha value is -0.860. The zero-order valence-corrected chi connectivity index (χ0v) is 10.6. The van der Waals surface area contributed by atoms with E-state index in [2.05, 4.69) is 49.5 Å². The van der Waals surface area contributed by atoms with Crippen LogP contribution in [0.5, 0.6) is 0 Å². The summed E-state index contributed by atoms with van der Waals surface area (Å²) in [7, 11) is 1.77. The molecule has 0 heterocycles. The summed E-state index contributed by atoms with van der Waals surface area (Å²) in [5, 5.41) is 3.54. The van der Waals surface area contributed by atoms with Crippen LogP contribution in [0.25, 0.3) is 0 Å². The highest BCUT2D eigenvalue weighted by atomic mass is 16.5. The minimum atomic E-state index is 0.428. The number of methoxy groups -OCH3 is 1. The zero-order valence-electron chi connectivity index (χ0n) is 10.6. The maximum atomic E-state index is 5.32. The molecule has 0 amide bonds. The first-order chi connectivity index (χ1) is 7.79. The summed E-state index contributed by atoms with van der Waals surface area (Å²) in [6, 6.07) is 11.0. The van der Waals surface area contributed by atoms with E-state index >= 15 is 0 Å². The standard InChI is InChI=1S/C14H23NO/c1-4-10-15-12(2)14(11-16-3)13-8-6-5-7-9-13/h5-9,12,14-15H,4,10-11H2,1-3H3. The molecular weight excluding hydrogens is 198 g/mol. The topological polar surface area (TPSA) is 21.3 Å². The lowest BCUT2D eigenvalue weighted by molar-refractivity contribution is 0.165. The van der Waals surface area contributed by atoms with E-state index in [0.717, 1.165) is 13.2 Å². The molecule has 90 valence electrons. The quantitative estimate of drug-likeness (QED) is 0.764. The van der Waals surface area contributed by atoms with Crippen LogP contribution < -0.4 is 5.32 Å². The molecule has 1 aromatic carbocycles. The molecule has 0 saturated carbocycles. The molecule has 1 rings (SSSR count). The average Bonchev–Trinajstić information content (AvgIpc) is 2.34. The van der Waals surface area contributed by atoms with Crippen molar-refractivity contribution in [2.24, 2.45) is 0 Å². The van der Waals surface area contributed by atoms with Gasteiger partial charge in [0.1, 0.15) is 0 Å². The predicted molar refractivity (Wildman–Crippen MR) is 68.8 cm³/mol. The lowest BCUT2D eigenvalue weighted by Crippen LogP contribution is -2.34. The number of hydrogen-bond donors (Lipinski definition) is 1. The summed E-state index contributed by atoms with van der Waals surface area (Å²) in [6.45, 7) is 6.25. The van der Waals surface area contributed by atoms with Crippen molar-refractivity contribution in [2.75, 3.05) is 20.3 Å². The Morgan fingerprint density at radius 3 is 2.50 bits per heavy atom. The second-order valence-corrected chi connectivity index (χ2v) is 4.22. The first-order valence-electron chi connectivity index (χ1n) is 6.06. The van der Waals surface area contributed by atoms with Crippen molar-refractivity contribution in [3.63, 3.8) is 0 Å². The van der Waals surface area contributed by atoms with Gasteiger partial charge in [-0.3, -0.25) is 0 Å². The molecule has 1 aromatic rings. The minimum absolute atomic E-state index is 0.428. The number of ether oxygens (including phenoxy) is 1. The third-order valence-corrected chi connectivity index (χ3v) is 2.89. The van der Waals surface area contributed by atoms with E-state index < -0.39 is 0 Å². The molecule has 0 saturated heterocycles. The first kappa shape index (κ1) is 13.2. The Labute approximate surface area is 99.0 Å². The maximum Gasteiger partial charge on any atom is 0.0545 e. The van der Waals surface area contributed by atoms with Crippen molar-refractivity contribution in [2.45, 2.75) is 32.2 Å². The molecule has 2 atom stereocenters. The molecule has 0 aromatic heterocycles. The fourth-order valence-corrected chi connectivity index (χ4v) is 1.92. The van der Waals surface area contributed by atoms with Crippen molar-refractivity contribution in [3.05, 3.63) is 35.9 Å². The van der Waals surface area contributed by atoms with E-state index in [4.69, 9.17) is 4.74 Å². The molecule has 16 heavy (non-hydrogen) atoms. The second kappa shape index (κ2) is 7.42. The molecule has 2 unspecified atom stereocenters. The van der Waals surface area contributed by atoms with Crippen LogP contribution in [0.2, 0.25) is 0 Å². The molecular formula is C14H23NO. The highest BCUT2D eigenvalue weighted by Gasteiger charge is 2.18. The molecule has 0 spiro atoms. The van der Waals surface area contributed by atoms with E-state index in [-0.39, 0.29) is 0 Å². The third-order valence-electron chi connectivity index (χ3n) is 2.89. The molecule has 2 heteroatoms. The Kier molecular flexibility index (Phi) is 6.12. The maximum absolute atomic E-state index is 5.32. The van der Waals surface area contributed by atoms with Crippen LogP contribution in [-0.2, 0) is 4.74 Å². The van der Waals surface area contributed by atoms with Crippen LogP contribution in [0.3, 0.4) is 0 Å². The largest absolute Gasteiger partial charge is 0.384 e. The molecule has 0 aliphatic rings. The number of hydrogen-bond acceptors (Lipinski definition) is 2. The van der Waals surface area contributed by atoms with E-state index in [0.29, 0.717) is 12.0 Å². The molecule has 2 nitrogen and oxygen atoms in total. The fourth-order valence-electron chi connectivity index (χ4n) is 1.92. The molecule has 0 fully saturated rings. The van der Waals surface area contributed by atoms with Gasteiger partial charge in [-0.05, 0) is 25.5 Å². The lowest BCUT2D eigenvalue weighted by atomic mass is 9.93. The summed E-state index contributed by atoms with van der Waals surface area (Å²) in [5.41, 5.74) is 1.35. The Morgan fingerprint density at radius 1 is 1.25 bits per heavy atom. The minimum Gasteiger partial charge on any atom is -0.384 e. The summed E-state index contributed by atoms with van der Waals surface area (Å²) >= 11 is 0. The van der Waals surface area contributed by atoms with Gasteiger partial charge in [-0.25, -0.2) is 0 Å². The zero-order chi connectivity index (χ0) is 11.8. The fraction of sp³-hybridized carbons (Fsp3) is 0.571. The Bertz CT molecular complexity index is 273. The molecule has 0 aliphatic heterocycles. The van der Waals surface area contributed by atoms with E-state index in [1.54, 1.807) is 7.11 Å². The average molecular weight is 221 g/mol. The van der Waals surface area contributed by atoms with Crippen LogP contribution in [0.15, 0.2) is 30.3 Å². The number of benzene rings is 1. The SMILES string of the molecule is CCCNC(C)C(COC)c1ccccc1. The number of nitrogens with one attached hydrogen (secondary N) is 1.